The lowest BCUT2D eigenvalue weighted by Gasteiger charge is -2.29. The van der Waals surface area contributed by atoms with Gasteiger partial charge in [0.1, 0.15) is 0 Å². The molecule has 0 N–H and O–H groups in total. The summed E-state index contributed by atoms with van der Waals surface area (Å²) in [5.41, 5.74) is 0.939. The first-order chi connectivity index (χ1) is 6.77. The third-order valence-electron chi connectivity index (χ3n) is 3.80. The Labute approximate surface area is 83.9 Å². The molecule has 0 radical (unpaired) electrons. The molecule has 1 aliphatic carbocycles. The number of fused-ring (bicyclic) bond motifs is 3. The fourth-order valence-electron chi connectivity index (χ4n) is 3.06. The lowest BCUT2D eigenvalue weighted by atomic mass is 9.78. The maximum atomic E-state index is 12.0. The summed E-state index contributed by atoms with van der Waals surface area (Å²) >= 11 is 0. The van der Waals surface area contributed by atoms with E-state index in [1.54, 1.807) is 0 Å². The van der Waals surface area contributed by atoms with Crippen molar-refractivity contribution in [1.29, 1.82) is 0 Å². The number of carbonyl (C=O) groups excluding carboxylic acids is 1. The van der Waals surface area contributed by atoms with Gasteiger partial charge < -0.3 is 4.57 Å². The van der Waals surface area contributed by atoms with Crippen LogP contribution in [0.4, 0.5) is 0 Å². The van der Waals surface area contributed by atoms with Crippen LogP contribution in [0.5, 0.6) is 0 Å². The second-order valence-electron chi connectivity index (χ2n) is 4.76. The van der Waals surface area contributed by atoms with Crippen molar-refractivity contribution in [2.24, 2.45) is 11.8 Å². The van der Waals surface area contributed by atoms with Crippen LogP contribution in [0.15, 0.2) is 18.3 Å². The van der Waals surface area contributed by atoms with Crippen LogP contribution in [0, 0.1) is 11.8 Å². The standard InChI is InChI=1S/C12H15NO/c1-8-4-5-10-9(7-8)12(14)11-3-2-6-13(10)11/h2-3,6,8-10H,4-5,7H2,1H3. The highest BCUT2D eigenvalue weighted by Gasteiger charge is 2.41. The second kappa shape index (κ2) is 2.72. The predicted octanol–water partition coefficient (Wildman–Crippen LogP) is 2.66. The molecular formula is C12H15NO. The molecule has 0 bridgehead atoms. The van der Waals surface area contributed by atoms with Gasteiger partial charge in [-0.2, -0.15) is 0 Å². The monoisotopic (exact) mass is 189 g/mol. The Bertz CT molecular complexity index is 379. The summed E-state index contributed by atoms with van der Waals surface area (Å²) in [4.78, 5) is 12.0. The number of Topliss-reactive ketones (excluding diaryl/α,β-unsaturated/α-hetero) is 1. The first-order valence-corrected chi connectivity index (χ1v) is 5.48. The predicted molar refractivity (Wildman–Crippen MR) is 54.3 cm³/mol. The summed E-state index contributed by atoms with van der Waals surface area (Å²) in [6, 6.07) is 4.43. The van der Waals surface area contributed by atoms with E-state index in [4.69, 9.17) is 0 Å². The van der Waals surface area contributed by atoms with Gasteiger partial charge in [0.15, 0.2) is 5.78 Å². The number of nitrogens with zero attached hydrogens (tertiary/aromatic N) is 1. The molecule has 2 nitrogen and oxygen atoms in total. The zero-order chi connectivity index (χ0) is 9.71. The van der Waals surface area contributed by atoms with E-state index in [9.17, 15) is 4.79 Å². The highest BCUT2D eigenvalue weighted by molar-refractivity contribution is 5.99. The van der Waals surface area contributed by atoms with Gasteiger partial charge in [-0.05, 0) is 37.3 Å². The molecule has 1 aromatic heterocycles. The van der Waals surface area contributed by atoms with Gasteiger partial charge >= 0.3 is 0 Å². The molecule has 2 heteroatoms. The molecule has 1 aliphatic heterocycles. The number of aromatic nitrogens is 1. The maximum Gasteiger partial charge on any atom is 0.184 e. The van der Waals surface area contributed by atoms with Crippen molar-refractivity contribution in [3.05, 3.63) is 24.0 Å². The Morgan fingerprint density at radius 2 is 2.29 bits per heavy atom. The van der Waals surface area contributed by atoms with Crippen molar-refractivity contribution in [3.8, 4) is 0 Å². The lowest BCUT2D eigenvalue weighted by Crippen LogP contribution is -2.24. The Balaban J connectivity index is 2.01. The summed E-state index contributed by atoms with van der Waals surface area (Å²) in [7, 11) is 0. The molecule has 74 valence electrons. The lowest BCUT2D eigenvalue weighted by molar-refractivity contribution is 0.0864. The molecule has 3 unspecified atom stereocenters. The van der Waals surface area contributed by atoms with Crippen LogP contribution in [0.3, 0.4) is 0 Å². The summed E-state index contributed by atoms with van der Waals surface area (Å²) < 4.78 is 2.19. The number of rotatable bonds is 0. The van der Waals surface area contributed by atoms with Crippen molar-refractivity contribution in [3.63, 3.8) is 0 Å². The smallest absolute Gasteiger partial charge is 0.184 e. The van der Waals surface area contributed by atoms with Gasteiger partial charge in [-0.1, -0.05) is 6.92 Å². The Morgan fingerprint density at radius 3 is 3.14 bits per heavy atom. The number of hydrogen-bond donors (Lipinski definition) is 0. The van der Waals surface area contributed by atoms with Crippen molar-refractivity contribution in [2.45, 2.75) is 32.2 Å². The summed E-state index contributed by atoms with van der Waals surface area (Å²) in [6.07, 6.45) is 5.60. The molecule has 1 fully saturated rings. The van der Waals surface area contributed by atoms with Crippen LogP contribution < -0.4 is 0 Å². The average molecular weight is 189 g/mol. The van der Waals surface area contributed by atoms with Gasteiger partial charge in [0, 0.05) is 18.2 Å². The molecule has 14 heavy (non-hydrogen) atoms. The second-order valence-corrected chi connectivity index (χ2v) is 4.76. The van der Waals surface area contributed by atoms with Crippen molar-refractivity contribution < 1.29 is 4.79 Å². The van der Waals surface area contributed by atoms with Crippen molar-refractivity contribution in [2.75, 3.05) is 0 Å². The third kappa shape index (κ3) is 0.941. The zero-order valence-corrected chi connectivity index (χ0v) is 8.44. The largest absolute Gasteiger partial charge is 0.341 e. The Hall–Kier alpha value is -1.05. The van der Waals surface area contributed by atoms with Gasteiger partial charge in [0.05, 0.1) is 5.69 Å². The molecule has 2 heterocycles. The molecular weight excluding hydrogens is 174 g/mol. The fourth-order valence-corrected chi connectivity index (χ4v) is 3.06. The minimum absolute atomic E-state index is 0.287. The van der Waals surface area contributed by atoms with Gasteiger partial charge in [-0.15, -0.1) is 0 Å². The topological polar surface area (TPSA) is 22.0 Å². The van der Waals surface area contributed by atoms with E-state index in [1.165, 1.54) is 12.8 Å². The SMILES string of the molecule is CC1CCC2C(C1)C(=O)c1cccn12. The minimum Gasteiger partial charge on any atom is -0.341 e. The molecule has 0 saturated heterocycles. The van der Waals surface area contributed by atoms with E-state index < -0.39 is 0 Å². The normalized spacial score (nSPS) is 35.5. The van der Waals surface area contributed by atoms with E-state index in [1.807, 2.05) is 12.1 Å². The van der Waals surface area contributed by atoms with Gasteiger partial charge in [0.2, 0.25) is 0 Å². The molecule has 0 aromatic carbocycles. The van der Waals surface area contributed by atoms with Crippen LogP contribution in [0.25, 0.3) is 0 Å². The Kier molecular flexibility index (Phi) is 1.61. The van der Waals surface area contributed by atoms with E-state index in [2.05, 4.69) is 17.7 Å². The summed E-state index contributed by atoms with van der Waals surface area (Å²) in [5.74, 6) is 1.39. The van der Waals surface area contributed by atoms with Gasteiger partial charge in [0.25, 0.3) is 0 Å². The van der Waals surface area contributed by atoms with Crippen LogP contribution >= 0.6 is 0 Å². The molecule has 1 saturated carbocycles. The van der Waals surface area contributed by atoms with E-state index in [-0.39, 0.29) is 5.92 Å². The number of ketones is 1. The quantitative estimate of drug-likeness (QED) is 0.615. The highest BCUT2D eigenvalue weighted by atomic mass is 16.1. The number of hydrogen-bond acceptors (Lipinski definition) is 1. The maximum absolute atomic E-state index is 12.0. The average Bonchev–Trinajstić information content (AvgIpc) is 2.72. The first-order valence-electron chi connectivity index (χ1n) is 5.48. The van der Waals surface area contributed by atoms with E-state index in [0.29, 0.717) is 11.8 Å². The zero-order valence-electron chi connectivity index (χ0n) is 8.44. The van der Waals surface area contributed by atoms with Crippen LogP contribution in [0.1, 0.15) is 42.7 Å². The minimum atomic E-state index is 0.287. The van der Waals surface area contributed by atoms with Gasteiger partial charge in [-0.3, -0.25) is 4.79 Å². The highest BCUT2D eigenvalue weighted by Crippen LogP contribution is 2.43. The first kappa shape index (κ1) is 8.27. The summed E-state index contributed by atoms with van der Waals surface area (Å²) in [6.45, 7) is 2.26. The number of carbonyl (C=O) groups is 1. The van der Waals surface area contributed by atoms with E-state index in [0.717, 1.165) is 18.0 Å². The third-order valence-corrected chi connectivity index (χ3v) is 3.80. The molecule has 1 aromatic rings. The van der Waals surface area contributed by atoms with Gasteiger partial charge in [-0.25, -0.2) is 0 Å². The molecule has 3 rings (SSSR count). The van der Waals surface area contributed by atoms with Crippen LogP contribution in [-0.4, -0.2) is 10.4 Å². The van der Waals surface area contributed by atoms with Crippen molar-refractivity contribution >= 4 is 5.78 Å². The molecule has 3 atom stereocenters. The fraction of sp³-hybridized carbons (Fsp3) is 0.583. The summed E-state index contributed by atoms with van der Waals surface area (Å²) in [5, 5.41) is 0. The molecule has 0 amide bonds. The van der Waals surface area contributed by atoms with Crippen LogP contribution in [0.2, 0.25) is 0 Å². The van der Waals surface area contributed by atoms with Crippen molar-refractivity contribution in [1.82, 2.24) is 4.57 Å². The molecule has 2 aliphatic rings. The van der Waals surface area contributed by atoms with Crippen LogP contribution in [-0.2, 0) is 0 Å². The van der Waals surface area contributed by atoms with E-state index >= 15 is 0 Å². The molecule has 0 spiro atoms. The Morgan fingerprint density at radius 1 is 1.43 bits per heavy atom.